The SMILES string of the molecule is CC/C=C/C/C=C/C/C=C/C/C=C/C/C=C/CCC(=O)OCC(COCCC(C(=O)O)[N+](C)(C)C)OC(=O)CCCCCCCCCCCC/C=C/C/C=C/C/C=C/C/C=C/CC. The molecule has 0 aliphatic rings. The minimum absolute atomic E-state index is 0.0295. The Morgan fingerprint density at radius 3 is 1.30 bits per heavy atom. The van der Waals surface area contributed by atoms with Crippen LogP contribution in [0.4, 0.5) is 0 Å². The molecule has 0 rings (SSSR count). The average molecular weight is 877 g/mol. The summed E-state index contributed by atoms with van der Waals surface area (Å²) in [6.07, 6.45) is 61.5. The molecule has 0 saturated heterocycles. The van der Waals surface area contributed by atoms with Crippen molar-refractivity contribution < 1.29 is 38.2 Å². The highest BCUT2D eigenvalue weighted by Crippen LogP contribution is 2.14. The molecule has 0 aliphatic heterocycles. The minimum atomic E-state index is -0.889. The molecule has 0 aromatic heterocycles. The topological polar surface area (TPSA) is 99.1 Å². The van der Waals surface area contributed by atoms with E-state index in [-0.39, 0.29) is 42.7 Å². The Morgan fingerprint density at radius 1 is 0.476 bits per heavy atom. The van der Waals surface area contributed by atoms with Crippen LogP contribution in [0.3, 0.4) is 0 Å². The molecule has 0 bridgehead atoms. The van der Waals surface area contributed by atoms with Gasteiger partial charge in [0.15, 0.2) is 12.1 Å². The molecule has 0 heterocycles. The molecule has 1 N–H and O–H groups in total. The Morgan fingerprint density at radius 2 is 0.873 bits per heavy atom. The number of carbonyl (C=O) groups excluding carboxylic acids is 2. The van der Waals surface area contributed by atoms with Crippen LogP contribution in [-0.4, -0.2) is 80.6 Å². The predicted molar refractivity (Wildman–Crippen MR) is 266 cm³/mol. The van der Waals surface area contributed by atoms with Gasteiger partial charge in [-0.3, -0.25) is 9.59 Å². The van der Waals surface area contributed by atoms with Crippen LogP contribution in [0.5, 0.6) is 0 Å². The summed E-state index contributed by atoms with van der Waals surface area (Å²) in [6.45, 7) is 4.41. The van der Waals surface area contributed by atoms with E-state index in [0.29, 0.717) is 19.3 Å². The van der Waals surface area contributed by atoms with E-state index in [9.17, 15) is 19.5 Å². The van der Waals surface area contributed by atoms with Crippen LogP contribution in [-0.2, 0) is 28.6 Å². The summed E-state index contributed by atoms with van der Waals surface area (Å²) < 4.78 is 17.2. The number of likely N-dealkylation sites (N-methyl/N-ethyl adjacent to an activating group) is 1. The monoisotopic (exact) mass is 877 g/mol. The Balaban J connectivity index is 4.37. The van der Waals surface area contributed by atoms with E-state index < -0.39 is 18.1 Å². The Kier molecular flexibility index (Phi) is 41.8. The maximum Gasteiger partial charge on any atom is 0.362 e. The smallest absolute Gasteiger partial charge is 0.362 e. The van der Waals surface area contributed by atoms with Crippen molar-refractivity contribution in [2.24, 2.45) is 0 Å². The summed E-state index contributed by atoms with van der Waals surface area (Å²) in [4.78, 5) is 37.1. The first-order valence-corrected chi connectivity index (χ1v) is 24.4. The quantitative estimate of drug-likeness (QED) is 0.0282. The Hall–Kier alpha value is -4.01. The van der Waals surface area contributed by atoms with Gasteiger partial charge in [-0.05, 0) is 83.5 Å². The lowest BCUT2D eigenvalue weighted by atomic mass is 10.0. The second-order valence-corrected chi connectivity index (χ2v) is 17.0. The van der Waals surface area contributed by atoms with Gasteiger partial charge in [0.25, 0.3) is 0 Å². The Labute approximate surface area is 385 Å². The number of unbranched alkanes of at least 4 members (excludes halogenated alkanes) is 10. The lowest BCUT2D eigenvalue weighted by Crippen LogP contribution is -2.50. The lowest BCUT2D eigenvalue weighted by Gasteiger charge is -2.31. The minimum Gasteiger partial charge on any atom is -0.477 e. The number of hydrogen-bond acceptors (Lipinski definition) is 6. The zero-order chi connectivity index (χ0) is 46.3. The molecule has 0 radical (unpaired) electrons. The molecule has 63 heavy (non-hydrogen) atoms. The molecule has 356 valence electrons. The number of carboxylic acid groups (broad SMARTS) is 1. The molecule has 0 saturated carbocycles. The number of carboxylic acids is 1. The van der Waals surface area contributed by atoms with E-state index in [2.05, 4.69) is 111 Å². The number of hydrogen-bond donors (Lipinski definition) is 1. The van der Waals surface area contributed by atoms with Crippen molar-refractivity contribution in [2.45, 2.75) is 180 Å². The first kappa shape index (κ1) is 59.0. The number of nitrogens with zero attached hydrogens (tertiary/aromatic N) is 1. The maximum absolute atomic E-state index is 12.8. The number of allylic oxidation sites excluding steroid dienone is 18. The van der Waals surface area contributed by atoms with Crippen molar-refractivity contribution in [3.05, 3.63) is 109 Å². The fourth-order valence-electron chi connectivity index (χ4n) is 6.48. The van der Waals surface area contributed by atoms with Crippen LogP contribution in [0.15, 0.2) is 109 Å². The standard InChI is InChI=1S/C55H89NO7/c1-6-8-10-12-14-16-18-20-22-24-25-26-27-28-29-30-32-34-36-38-40-42-44-46-54(58)63-51(49-61-48-47-52(55(59)60)56(3,4)5)50-62-53(57)45-43-41-39-37-35-33-31-23-21-19-17-15-13-11-9-7-2/h8-11,14-17,20-23,25-26,33,35,39,41,51-52H,6-7,12-13,18-19,24,27-32,34,36-38,40,42-50H2,1-5H3/p+1/b10-8+,11-9+,16-14+,17-15+,22-20+,23-21+,26-25+,35-33+,41-39+. The summed E-state index contributed by atoms with van der Waals surface area (Å²) in [5.74, 6) is -1.59. The van der Waals surface area contributed by atoms with Crippen LogP contribution in [0.25, 0.3) is 0 Å². The van der Waals surface area contributed by atoms with Gasteiger partial charge in [0, 0.05) is 19.3 Å². The zero-order valence-corrected chi connectivity index (χ0v) is 40.5. The van der Waals surface area contributed by atoms with Crippen molar-refractivity contribution in [3.8, 4) is 0 Å². The first-order chi connectivity index (χ1) is 30.6. The molecule has 0 spiro atoms. The summed E-state index contributed by atoms with van der Waals surface area (Å²) in [6, 6.07) is -0.633. The zero-order valence-electron chi connectivity index (χ0n) is 40.5. The van der Waals surface area contributed by atoms with E-state index in [1.54, 1.807) is 0 Å². The first-order valence-electron chi connectivity index (χ1n) is 24.4. The van der Waals surface area contributed by atoms with Crippen molar-refractivity contribution in [3.63, 3.8) is 0 Å². The summed E-state index contributed by atoms with van der Waals surface area (Å²) >= 11 is 0. The highest BCUT2D eigenvalue weighted by Gasteiger charge is 2.31. The highest BCUT2D eigenvalue weighted by molar-refractivity contribution is 5.72. The van der Waals surface area contributed by atoms with Crippen molar-refractivity contribution >= 4 is 17.9 Å². The van der Waals surface area contributed by atoms with E-state index in [0.717, 1.165) is 83.5 Å². The second kappa shape index (κ2) is 44.6. The fraction of sp³-hybridized carbons (Fsp3) is 0.618. The lowest BCUT2D eigenvalue weighted by molar-refractivity contribution is -0.887. The maximum atomic E-state index is 12.8. The predicted octanol–water partition coefficient (Wildman–Crippen LogP) is 14.0. The van der Waals surface area contributed by atoms with Gasteiger partial charge < -0.3 is 23.8 Å². The number of quaternary nitrogens is 1. The largest absolute Gasteiger partial charge is 0.477 e. The van der Waals surface area contributed by atoms with E-state index in [4.69, 9.17) is 14.2 Å². The molecule has 2 atom stereocenters. The number of carbonyl (C=O) groups is 3. The molecule has 8 heteroatoms. The molecule has 8 nitrogen and oxygen atoms in total. The van der Waals surface area contributed by atoms with Gasteiger partial charge in [-0.25, -0.2) is 4.79 Å². The van der Waals surface area contributed by atoms with Crippen LogP contribution in [0, 0.1) is 0 Å². The van der Waals surface area contributed by atoms with Gasteiger partial charge in [-0.1, -0.05) is 175 Å². The molecule has 0 amide bonds. The van der Waals surface area contributed by atoms with Gasteiger partial charge in [0.1, 0.15) is 6.61 Å². The van der Waals surface area contributed by atoms with Crippen LogP contribution >= 0.6 is 0 Å². The molecular formula is C55H90NO7+. The normalized spacial score (nSPS) is 13.9. The third-order valence-electron chi connectivity index (χ3n) is 10.2. The molecular weight excluding hydrogens is 787 g/mol. The number of aliphatic carboxylic acids is 1. The third-order valence-corrected chi connectivity index (χ3v) is 10.2. The summed E-state index contributed by atoms with van der Waals surface area (Å²) in [5, 5.41) is 9.64. The number of ether oxygens (including phenoxy) is 3. The number of rotatable bonds is 42. The van der Waals surface area contributed by atoms with Gasteiger partial charge >= 0.3 is 17.9 Å². The van der Waals surface area contributed by atoms with Crippen molar-refractivity contribution in [2.75, 3.05) is 41.0 Å². The van der Waals surface area contributed by atoms with Crippen molar-refractivity contribution in [1.29, 1.82) is 0 Å². The number of esters is 2. The Bertz CT molecular complexity index is 1390. The van der Waals surface area contributed by atoms with Crippen molar-refractivity contribution in [1.82, 2.24) is 0 Å². The molecule has 2 unspecified atom stereocenters. The average Bonchev–Trinajstić information content (AvgIpc) is 3.24. The van der Waals surface area contributed by atoms with Gasteiger partial charge in [0.2, 0.25) is 0 Å². The fourth-order valence-corrected chi connectivity index (χ4v) is 6.48. The molecule has 0 aromatic rings. The second-order valence-electron chi connectivity index (χ2n) is 17.0. The van der Waals surface area contributed by atoms with Crippen LogP contribution in [0.2, 0.25) is 0 Å². The molecule has 0 fully saturated rings. The van der Waals surface area contributed by atoms with Crippen LogP contribution in [0.1, 0.15) is 168 Å². The molecule has 0 aliphatic carbocycles. The van der Waals surface area contributed by atoms with E-state index >= 15 is 0 Å². The van der Waals surface area contributed by atoms with Gasteiger partial charge in [-0.2, -0.15) is 0 Å². The van der Waals surface area contributed by atoms with E-state index in [1.807, 2.05) is 33.3 Å². The highest BCUT2D eigenvalue weighted by atomic mass is 16.6. The van der Waals surface area contributed by atoms with Crippen LogP contribution < -0.4 is 0 Å². The molecule has 0 aromatic carbocycles. The van der Waals surface area contributed by atoms with E-state index in [1.165, 1.54) is 44.9 Å². The van der Waals surface area contributed by atoms with Gasteiger partial charge in [-0.15, -0.1) is 0 Å². The third kappa shape index (κ3) is 43.0. The summed E-state index contributed by atoms with van der Waals surface area (Å²) in [5.41, 5.74) is 0. The van der Waals surface area contributed by atoms with Gasteiger partial charge in [0.05, 0.1) is 34.4 Å². The summed E-state index contributed by atoms with van der Waals surface area (Å²) in [7, 11) is 5.50.